The second-order valence-electron chi connectivity index (χ2n) is 4.50. The van der Waals surface area contributed by atoms with Crippen molar-refractivity contribution in [2.24, 2.45) is 0 Å². The Morgan fingerprint density at radius 1 is 1.44 bits per heavy atom. The first-order valence-electron chi connectivity index (χ1n) is 6.10. The molecule has 0 spiro atoms. The molecule has 3 nitrogen and oxygen atoms in total. The van der Waals surface area contributed by atoms with Gasteiger partial charge < -0.3 is 5.11 Å². The molecule has 90 valence electrons. The molecular weight excluding hydrogens is 224 g/mol. The lowest BCUT2D eigenvalue weighted by molar-refractivity contribution is 0.280. The van der Waals surface area contributed by atoms with Crippen LogP contribution in [0.5, 0.6) is 0 Å². The van der Waals surface area contributed by atoms with E-state index in [0.29, 0.717) is 17.1 Å². The van der Waals surface area contributed by atoms with Crippen molar-refractivity contribution in [3.8, 4) is 0 Å². The van der Waals surface area contributed by atoms with Gasteiger partial charge in [-0.25, -0.2) is 0 Å². The summed E-state index contributed by atoms with van der Waals surface area (Å²) in [7, 11) is 0. The summed E-state index contributed by atoms with van der Waals surface area (Å²) in [5, 5.41) is 14.6. The third-order valence-electron chi connectivity index (χ3n) is 3.39. The Balaban J connectivity index is 2.38. The zero-order valence-electron chi connectivity index (χ0n) is 9.91. The number of hydrogen-bond acceptors (Lipinski definition) is 2. The minimum atomic E-state index is 0.00478. The molecule has 0 atom stereocenters. The van der Waals surface area contributed by atoms with Gasteiger partial charge in [-0.1, -0.05) is 25.4 Å². The third kappa shape index (κ3) is 1.98. The molecule has 1 aromatic rings. The summed E-state index contributed by atoms with van der Waals surface area (Å²) in [5.41, 5.74) is 1.87. The monoisotopic (exact) mass is 242 g/mol. The maximum absolute atomic E-state index is 9.38. The Morgan fingerprint density at radius 2 is 2.06 bits per heavy atom. The number of aliphatic hydroxyl groups is 1. The van der Waals surface area contributed by atoms with Crippen LogP contribution in [0.4, 0.5) is 0 Å². The van der Waals surface area contributed by atoms with Gasteiger partial charge >= 0.3 is 0 Å². The number of aliphatic hydroxyl groups excluding tert-OH is 1. The van der Waals surface area contributed by atoms with Crippen LogP contribution in [-0.4, -0.2) is 14.9 Å². The highest BCUT2D eigenvalue weighted by Crippen LogP contribution is 2.43. The fraction of sp³-hybridized carbons (Fsp3) is 0.750. The Kier molecular flexibility index (Phi) is 3.55. The maximum Gasteiger partial charge on any atom is 0.133 e. The van der Waals surface area contributed by atoms with Gasteiger partial charge in [-0.2, -0.15) is 5.10 Å². The summed E-state index contributed by atoms with van der Waals surface area (Å²) in [5.74, 6) is 0.537. The number of nitrogens with zero attached hydrogens (tertiary/aromatic N) is 2. The van der Waals surface area contributed by atoms with Crippen LogP contribution in [0.1, 0.15) is 62.7 Å². The zero-order chi connectivity index (χ0) is 11.7. The van der Waals surface area contributed by atoms with Gasteiger partial charge in [0, 0.05) is 11.5 Å². The van der Waals surface area contributed by atoms with E-state index in [4.69, 9.17) is 11.6 Å². The molecule has 1 aliphatic carbocycles. The highest BCUT2D eigenvalue weighted by Gasteiger charge is 2.31. The van der Waals surface area contributed by atoms with Gasteiger partial charge in [0.05, 0.1) is 18.3 Å². The molecule has 0 unspecified atom stereocenters. The van der Waals surface area contributed by atoms with Crippen molar-refractivity contribution in [3.05, 3.63) is 16.4 Å². The van der Waals surface area contributed by atoms with E-state index in [1.54, 1.807) is 0 Å². The highest BCUT2D eigenvalue weighted by molar-refractivity contribution is 6.30. The van der Waals surface area contributed by atoms with Gasteiger partial charge in [0.15, 0.2) is 0 Å². The van der Waals surface area contributed by atoms with E-state index in [-0.39, 0.29) is 6.61 Å². The molecule has 4 heteroatoms. The Labute approximate surface area is 101 Å². The lowest BCUT2D eigenvalue weighted by atomic mass is 10.2. The van der Waals surface area contributed by atoms with Crippen LogP contribution in [0.3, 0.4) is 0 Å². The largest absolute Gasteiger partial charge is 0.391 e. The molecule has 1 saturated carbocycles. The van der Waals surface area contributed by atoms with Crippen LogP contribution < -0.4 is 0 Å². The smallest absolute Gasteiger partial charge is 0.133 e. The Morgan fingerprint density at radius 3 is 2.50 bits per heavy atom. The molecule has 0 radical (unpaired) electrons. The molecule has 1 aromatic heterocycles. The number of halogens is 1. The molecule has 1 heterocycles. The number of rotatable bonds is 5. The lowest BCUT2D eigenvalue weighted by Crippen LogP contribution is -2.09. The molecule has 0 aromatic carbocycles. The molecule has 1 aliphatic rings. The van der Waals surface area contributed by atoms with Gasteiger partial charge in [-0.3, -0.25) is 4.68 Å². The summed E-state index contributed by atoms with van der Waals surface area (Å²) < 4.78 is 1.90. The highest BCUT2D eigenvalue weighted by atomic mass is 35.5. The molecule has 1 N–H and O–H groups in total. The normalized spacial score (nSPS) is 16.1. The summed E-state index contributed by atoms with van der Waals surface area (Å²) in [6.45, 7) is 4.29. The minimum absolute atomic E-state index is 0.00478. The number of hydrogen-bond donors (Lipinski definition) is 1. The fourth-order valence-electron chi connectivity index (χ4n) is 2.17. The SMILES string of the molecule is CCC(CC)n1nc(C2CC2)c(CO)c1Cl. The van der Waals surface area contributed by atoms with Crippen molar-refractivity contribution < 1.29 is 5.11 Å². The fourth-order valence-corrected chi connectivity index (χ4v) is 2.50. The van der Waals surface area contributed by atoms with Gasteiger partial charge in [-0.15, -0.1) is 0 Å². The van der Waals surface area contributed by atoms with Crippen LogP contribution in [0.2, 0.25) is 5.15 Å². The zero-order valence-corrected chi connectivity index (χ0v) is 10.7. The predicted octanol–water partition coefficient (Wildman–Crippen LogP) is 3.27. The number of aromatic nitrogens is 2. The van der Waals surface area contributed by atoms with Gasteiger partial charge in [-0.05, 0) is 25.7 Å². The van der Waals surface area contributed by atoms with E-state index < -0.39 is 0 Å². The van der Waals surface area contributed by atoms with E-state index in [2.05, 4.69) is 18.9 Å². The third-order valence-corrected chi connectivity index (χ3v) is 3.79. The Hall–Kier alpha value is -0.540. The van der Waals surface area contributed by atoms with E-state index >= 15 is 0 Å². The summed E-state index contributed by atoms with van der Waals surface area (Å²) in [6, 6.07) is 0.352. The van der Waals surface area contributed by atoms with Crippen LogP contribution in [0, 0.1) is 0 Å². The molecule has 2 rings (SSSR count). The van der Waals surface area contributed by atoms with Gasteiger partial charge in [0.2, 0.25) is 0 Å². The van der Waals surface area contributed by atoms with Gasteiger partial charge in [0.1, 0.15) is 5.15 Å². The van der Waals surface area contributed by atoms with Crippen LogP contribution >= 0.6 is 11.6 Å². The molecule has 16 heavy (non-hydrogen) atoms. The Bertz CT molecular complexity index is 367. The van der Waals surface area contributed by atoms with E-state index in [9.17, 15) is 5.11 Å². The quantitative estimate of drug-likeness (QED) is 0.861. The van der Waals surface area contributed by atoms with Gasteiger partial charge in [0.25, 0.3) is 0 Å². The first kappa shape index (κ1) is 11.9. The average molecular weight is 243 g/mol. The maximum atomic E-state index is 9.38. The first-order chi connectivity index (χ1) is 7.72. The molecule has 0 bridgehead atoms. The summed E-state index contributed by atoms with van der Waals surface area (Å²) in [4.78, 5) is 0. The minimum Gasteiger partial charge on any atom is -0.391 e. The molecule has 0 amide bonds. The van der Waals surface area contributed by atoms with E-state index in [0.717, 1.165) is 24.1 Å². The summed E-state index contributed by atoms with van der Waals surface area (Å²) >= 11 is 6.29. The van der Waals surface area contributed by atoms with Crippen molar-refractivity contribution >= 4 is 11.6 Å². The topological polar surface area (TPSA) is 38.0 Å². The standard InChI is InChI=1S/C12H19ClN2O/c1-3-9(4-2)15-12(13)10(7-16)11(14-15)8-5-6-8/h8-9,16H,3-7H2,1-2H3. The van der Waals surface area contributed by atoms with Crippen LogP contribution in [-0.2, 0) is 6.61 Å². The first-order valence-corrected chi connectivity index (χ1v) is 6.48. The second-order valence-corrected chi connectivity index (χ2v) is 4.86. The molecule has 1 fully saturated rings. The van der Waals surface area contributed by atoms with Crippen molar-refractivity contribution in [2.45, 2.75) is 58.1 Å². The van der Waals surface area contributed by atoms with Crippen molar-refractivity contribution in [2.75, 3.05) is 0 Å². The predicted molar refractivity (Wildman–Crippen MR) is 64.8 cm³/mol. The van der Waals surface area contributed by atoms with E-state index in [1.807, 2.05) is 4.68 Å². The molecular formula is C12H19ClN2O. The molecule has 0 aliphatic heterocycles. The van der Waals surface area contributed by atoms with Crippen LogP contribution in [0.15, 0.2) is 0 Å². The summed E-state index contributed by atoms with van der Waals surface area (Å²) in [6.07, 6.45) is 4.41. The van der Waals surface area contributed by atoms with E-state index in [1.165, 1.54) is 12.8 Å². The van der Waals surface area contributed by atoms with Crippen molar-refractivity contribution in [1.82, 2.24) is 9.78 Å². The molecule has 0 saturated heterocycles. The average Bonchev–Trinajstić information content (AvgIpc) is 3.07. The van der Waals surface area contributed by atoms with Crippen molar-refractivity contribution in [3.63, 3.8) is 0 Å². The lowest BCUT2D eigenvalue weighted by Gasteiger charge is -2.14. The van der Waals surface area contributed by atoms with Crippen molar-refractivity contribution in [1.29, 1.82) is 0 Å². The van der Waals surface area contributed by atoms with Crippen LogP contribution in [0.25, 0.3) is 0 Å². The second kappa shape index (κ2) is 4.76.